The van der Waals surface area contributed by atoms with Gasteiger partial charge in [0.05, 0.1) is 35.3 Å². The lowest BCUT2D eigenvalue weighted by molar-refractivity contribution is -0.128. The molecule has 2 aliphatic carbocycles. The van der Waals surface area contributed by atoms with Gasteiger partial charge in [0.1, 0.15) is 11.6 Å². The Balaban J connectivity index is 1.43. The van der Waals surface area contributed by atoms with E-state index in [0.717, 1.165) is 24.0 Å². The number of hydrogen-bond acceptors (Lipinski definition) is 7. The molecule has 266 valence electrons. The number of halogens is 2. The summed E-state index contributed by atoms with van der Waals surface area (Å²) in [5.74, 6) is -0.341. The summed E-state index contributed by atoms with van der Waals surface area (Å²) in [5.41, 5.74) is 3.40. The Morgan fingerprint density at radius 3 is 2.67 bits per heavy atom. The number of rotatable bonds is 4. The molecule has 49 heavy (non-hydrogen) atoms. The minimum Gasteiger partial charge on any atom is -0.491 e. The molecule has 2 amide bonds. The molecule has 4 bridgehead atoms. The van der Waals surface area contributed by atoms with Gasteiger partial charge in [0.25, 0.3) is 5.91 Å². The summed E-state index contributed by atoms with van der Waals surface area (Å²) in [7, 11) is -2.25. The number of benzene rings is 2. The molecule has 0 unspecified atom stereocenters. The van der Waals surface area contributed by atoms with Crippen LogP contribution in [0.3, 0.4) is 0 Å². The maximum atomic E-state index is 15.5. The van der Waals surface area contributed by atoms with Crippen molar-refractivity contribution in [2.24, 2.45) is 23.7 Å². The number of hydrogen-bond donors (Lipinski definition) is 1. The Labute approximate surface area is 294 Å². The first kappa shape index (κ1) is 35.7. The maximum absolute atomic E-state index is 15.5. The fourth-order valence-corrected chi connectivity index (χ4v) is 9.08. The van der Waals surface area contributed by atoms with Crippen LogP contribution in [0.25, 0.3) is 0 Å². The van der Waals surface area contributed by atoms with Crippen LogP contribution in [0, 0.1) is 29.5 Å². The van der Waals surface area contributed by atoms with Gasteiger partial charge in [-0.2, -0.15) is 0 Å². The van der Waals surface area contributed by atoms with Crippen LogP contribution in [-0.4, -0.2) is 69.8 Å². The van der Waals surface area contributed by atoms with Gasteiger partial charge in [0.15, 0.2) is 0 Å². The predicted octanol–water partition coefficient (Wildman–Crippen LogP) is 6.13. The molecule has 1 saturated carbocycles. The van der Waals surface area contributed by atoms with Gasteiger partial charge in [-0.25, -0.2) is 17.5 Å². The van der Waals surface area contributed by atoms with Gasteiger partial charge in [-0.3, -0.25) is 9.59 Å². The number of fused-ring (bicyclic) bond motifs is 5. The van der Waals surface area contributed by atoms with Crippen LogP contribution in [0.2, 0.25) is 5.02 Å². The highest BCUT2D eigenvalue weighted by molar-refractivity contribution is 7.90. The highest BCUT2D eigenvalue weighted by Crippen LogP contribution is 2.47. The predicted molar refractivity (Wildman–Crippen MR) is 188 cm³/mol. The Hall–Kier alpha value is -3.15. The van der Waals surface area contributed by atoms with E-state index in [2.05, 4.69) is 15.7 Å². The molecule has 0 saturated heterocycles. The standard InChI is InChI=1S/C37H47ClFN3O6S/c1-22-23(2)49(45,46)40-37(44)25-10-13-34-33(19-25)42(20-26-9-12-32(38)35(39)30(26)7-5-6-15-47-34)21-27-8-11-31(27)36(29-17-28(22)18-29)48-16-14-41(4)24(3)43/h9-10,12-13,17,19,22-23,27-28,31,36H,5-8,11,14-16,18,20-21H2,1-4H3,(H,40,44)/t22-,23-,27+,28+,31-,36+/m1/s1. The summed E-state index contributed by atoms with van der Waals surface area (Å²) >= 11 is 6.25. The van der Waals surface area contributed by atoms with Crippen LogP contribution < -0.4 is 14.4 Å². The van der Waals surface area contributed by atoms with Crippen molar-refractivity contribution in [3.8, 4) is 5.75 Å². The first-order chi connectivity index (χ1) is 23.3. The van der Waals surface area contributed by atoms with Crippen molar-refractivity contribution in [3.63, 3.8) is 0 Å². The van der Waals surface area contributed by atoms with Crippen molar-refractivity contribution in [2.45, 2.75) is 77.2 Å². The van der Waals surface area contributed by atoms with Gasteiger partial charge in [-0.05, 0) is 110 Å². The second kappa shape index (κ2) is 14.6. The summed E-state index contributed by atoms with van der Waals surface area (Å²) in [6.45, 7) is 7.29. The number of nitrogens with one attached hydrogen (secondary N) is 1. The second-order valence-electron chi connectivity index (χ2n) is 14.3. The summed E-state index contributed by atoms with van der Waals surface area (Å²) in [5, 5.41) is -0.728. The zero-order valence-electron chi connectivity index (χ0n) is 28.7. The van der Waals surface area contributed by atoms with E-state index < -0.39 is 27.0 Å². The molecule has 7 rings (SSSR count). The summed E-state index contributed by atoms with van der Waals surface area (Å²) < 4.78 is 57.8. The zero-order valence-corrected chi connectivity index (χ0v) is 30.3. The highest BCUT2D eigenvalue weighted by atomic mass is 35.5. The number of carbonyl (C=O) groups excluding carboxylic acids is 2. The van der Waals surface area contributed by atoms with E-state index >= 15 is 4.39 Å². The van der Waals surface area contributed by atoms with Crippen LogP contribution >= 0.6 is 11.6 Å². The van der Waals surface area contributed by atoms with Crippen molar-refractivity contribution in [3.05, 3.63) is 69.5 Å². The van der Waals surface area contributed by atoms with Crippen molar-refractivity contribution < 1.29 is 31.9 Å². The van der Waals surface area contributed by atoms with E-state index in [1.54, 1.807) is 43.1 Å². The molecule has 0 aromatic heterocycles. The van der Waals surface area contributed by atoms with Gasteiger partial charge >= 0.3 is 0 Å². The third-order valence-corrected chi connectivity index (χ3v) is 13.5. The molecule has 3 aliphatic heterocycles. The molecule has 2 aromatic carbocycles. The van der Waals surface area contributed by atoms with Gasteiger partial charge in [0, 0.05) is 39.2 Å². The first-order valence-corrected chi connectivity index (χ1v) is 19.3. The Morgan fingerprint density at radius 1 is 1.18 bits per heavy atom. The van der Waals surface area contributed by atoms with Crippen LogP contribution in [0.15, 0.2) is 42.0 Å². The lowest BCUT2D eigenvalue weighted by Gasteiger charge is -2.48. The molecule has 0 radical (unpaired) electrons. The van der Waals surface area contributed by atoms with Gasteiger partial charge in [0.2, 0.25) is 15.9 Å². The average molecular weight is 716 g/mol. The first-order valence-electron chi connectivity index (χ1n) is 17.4. The van der Waals surface area contributed by atoms with Crippen LogP contribution in [0.1, 0.15) is 74.4 Å². The van der Waals surface area contributed by atoms with Gasteiger partial charge in [-0.15, -0.1) is 0 Å². The molecule has 2 aromatic rings. The molecule has 1 fully saturated rings. The molecule has 9 nitrogen and oxygen atoms in total. The molecule has 5 aliphatic rings. The third kappa shape index (κ3) is 7.49. The number of ether oxygens (including phenoxy) is 2. The molecule has 6 atom stereocenters. The fraction of sp³-hybridized carbons (Fsp3) is 0.568. The quantitative estimate of drug-likeness (QED) is 0.380. The van der Waals surface area contributed by atoms with Crippen molar-refractivity contribution in [1.29, 1.82) is 0 Å². The molecule has 12 heteroatoms. The minimum absolute atomic E-state index is 0.0278. The number of carbonyl (C=O) groups is 2. The monoisotopic (exact) mass is 715 g/mol. The lowest BCUT2D eigenvalue weighted by Crippen LogP contribution is -2.48. The molecule has 3 heterocycles. The van der Waals surface area contributed by atoms with E-state index in [9.17, 15) is 18.0 Å². The van der Waals surface area contributed by atoms with E-state index in [4.69, 9.17) is 21.1 Å². The topological polar surface area (TPSA) is 105 Å². The number of amides is 2. The van der Waals surface area contributed by atoms with Crippen molar-refractivity contribution >= 4 is 39.1 Å². The number of allylic oxidation sites excluding steroid dienone is 1. The zero-order chi connectivity index (χ0) is 35.0. The summed E-state index contributed by atoms with van der Waals surface area (Å²) in [6, 6.07) is 8.49. The maximum Gasteiger partial charge on any atom is 0.264 e. The minimum atomic E-state index is -4.01. The van der Waals surface area contributed by atoms with Crippen LogP contribution in [-0.2, 0) is 32.5 Å². The molecule has 1 N–H and O–H groups in total. The SMILES string of the molecule is CC(=O)N(C)CCO[C@H]1C2=C[C@@H](C2)[C@H](C)[C@@H](C)S(=O)(=O)NC(=O)c2ccc3c(c2)N(Cc2ccc(Cl)c(F)c2CCCCO3)C[C@@H]2CC[C@H]21. The van der Waals surface area contributed by atoms with E-state index in [0.29, 0.717) is 75.5 Å². The van der Waals surface area contributed by atoms with Crippen molar-refractivity contribution in [2.75, 3.05) is 38.3 Å². The second-order valence-corrected chi connectivity index (χ2v) is 16.7. The Kier molecular flexibility index (Phi) is 10.6. The van der Waals surface area contributed by atoms with E-state index in [1.807, 2.05) is 13.0 Å². The van der Waals surface area contributed by atoms with Crippen LogP contribution in [0.5, 0.6) is 5.75 Å². The van der Waals surface area contributed by atoms with Crippen molar-refractivity contribution in [1.82, 2.24) is 9.62 Å². The van der Waals surface area contributed by atoms with Gasteiger partial charge < -0.3 is 19.3 Å². The Bertz CT molecular complexity index is 1730. The fourth-order valence-electron chi connectivity index (χ4n) is 7.58. The number of nitrogens with zero attached hydrogens (tertiary/aromatic N) is 2. The van der Waals surface area contributed by atoms with Crippen LogP contribution in [0.4, 0.5) is 10.1 Å². The normalized spacial score (nSPS) is 28.2. The smallest absolute Gasteiger partial charge is 0.264 e. The number of anilines is 1. The van der Waals surface area contributed by atoms with Gasteiger partial charge in [-0.1, -0.05) is 30.7 Å². The highest BCUT2D eigenvalue weighted by Gasteiger charge is 2.44. The average Bonchev–Trinajstić information content (AvgIpc) is 3.05. The Morgan fingerprint density at radius 2 is 1.96 bits per heavy atom. The third-order valence-electron chi connectivity index (χ3n) is 11.3. The molecule has 0 spiro atoms. The number of likely N-dealkylation sites (N-methyl/N-ethyl adjacent to an activating group) is 1. The largest absolute Gasteiger partial charge is 0.491 e. The van der Waals surface area contributed by atoms with E-state index in [-0.39, 0.29) is 46.3 Å². The summed E-state index contributed by atoms with van der Waals surface area (Å²) in [6.07, 6.45) is 6.55. The number of sulfonamides is 1. The lowest BCUT2D eigenvalue weighted by atomic mass is 9.64. The molecular formula is C37H47ClFN3O6S. The molecular weight excluding hydrogens is 669 g/mol. The summed E-state index contributed by atoms with van der Waals surface area (Å²) in [4.78, 5) is 29.2. The van der Waals surface area contributed by atoms with E-state index in [1.165, 1.54) is 6.92 Å².